The van der Waals surface area contributed by atoms with Crippen LogP contribution in [0.25, 0.3) is 10.9 Å². The average Bonchev–Trinajstić information content (AvgIpc) is 3.46. The number of aromatic nitrogens is 2. The van der Waals surface area contributed by atoms with Crippen LogP contribution in [0.4, 0.5) is 10.1 Å². The molecule has 4 aromatic rings. The third-order valence-corrected chi connectivity index (χ3v) is 8.17. The number of aromatic amines is 1. The number of quaternary nitrogens is 1. The summed E-state index contributed by atoms with van der Waals surface area (Å²) in [6.07, 6.45) is 2.62. The van der Waals surface area contributed by atoms with Crippen LogP contribution in [0.1, 0.15) is 34.5 Å². The summed E-state index contributed by atoms with van der Waals surface area (Å²) in [6, 6.07) is 17.7. The molecule has 1 unspecified atom stereocenters. The third kappa shape index (κ3) is 5.91. The number of rotatable bonds is 8. The minimum absolute atomic E-state index is 0.0103. The molecule has 1 aromatic heterocycles. The van der Waals surface area contributed by atoms with E-state index in [-0.39, 0.29) is 23.7 Å². The number of hydrogen-bond acceptors (Lipinski definition) is 5. The minimum Gasteiger partial charge on any atom is -0.484 e. The Morgan fingerprint density at radius 2 is 2.02 bits per heavy atom. The highest BCUT2D eigenvalue weighted by atomic mass is 19.1. The van der Waals surface area contributed by atoms with Crippen molar-refractivity contribution in [3.05, 3.63) is 102 Å². The fourth-order valence-corrected chi connectivity index (χ4v) is 5.29. The standard InChI is InChI=1S/C32H34FN5O3/c1-5-31(39)38(4)16-15-37(19-22(38)3)20-30(24-10-9-21(2)27(33)17-24)41-25-13-11-23(12-14-25)32(40)35-28-7-6-8-29-26(28)18-34-36-29/h5-14,17-18,22,30H,1,15-16,19-20H2,2-4H3,(H-,34,35,36,40)/p+1/t22-,30+,38?/m1/s1. The Bertz CT molecular complexity index is 1580. The van der Waals surface area contributed by atoms with Crippen molar-refractivity contribution >= 4 is 28.4 Å². The van der Waals surface area contributed by atoms with E-state index in [1.54, 1.807) is 43.5 Å². The molecule has 1 saturated heterocycles. The second kappa shape index (κ2) is 11.6. The number of piperazine rings is 1. The first-order valence-electron chi connectivity index (χ1n) is 13.7. The normalized spacial score (nSPS) is 20.0. The summed E-state index contributed by atoms with van der Waals surface area (Å²) in [5, 5.41) is 10.7. The zero-order chi connectivity index (χ0) is 29.1. The lowest BCUT2D eigenvalue weighted by molar-refractivity contribution is -0.861. The number of fused-ring (bicyclic) bond motifs is 1. The maximum atomic E-state index is 14.6. The van der Waals surface area contributed by atoms with Crippen molar-refractivity contribution in [2.75, 3.05) is 38.5 Å². The quantitative estimate of drug-likeness (QED) is 0.229. The largest absolute Gasteiger partial charge is 0.484 e. The van der Waals surface area contributed by atoms with Crippen LogP contribution in [0.2, 0.25) is 0 Å². The molecule has 9 heteroatoms. The summed E-state index contributed by atoms with van der Waals surface area (Å²) < 4.78 is 21.3. The van der Waals surface area contributed by atoms with Gasteiger partial charge in [0.05, 0.1) is 37.5 Å². The number of likely N-dealkylation sites (N-methyl/N-ethyl adjacent to an activating group) is 1. The molecule has 1 aliphatic heterocycles. The number of hydrogen-bond donors (Lipinski definition) is 2. The van der Waals surface area contributed by atoms with Gasteiger partial charge in [-0.2, -0.15) is 5.10 Å². The van der Waals surface area contributed by atoms with Gasteiger partial charge in [0.1, 0.15) is 23.7 Å². The molecule has 2 N–H and O–H groups in total. The van der Waals surface area contributed by atoms with E-state index >= 15 is 0 Å². The molecule has 2 amide bonds. The lowest BCUT2D eigenvalue weighted by Crippen LogP contribution is -2.65. The van der Waals surface area contributed by atoms with Crippen LogP contribution in [0.15, 0.2) is 79.5 Å². The SMILES string of the molecule is C=CC(=O)[N+]1(C)CCN(C[C@H](Oc2ccc(C(=O)Nc3cccc4[nH]ncc34)cc2)c2ccc(C)c(F)c2)C[C@H]1C. The van der Waals surface area contributed by atoms with Crippen LogP contribution in [-0.2, 0) is 4.79 Å². The Hall–Kier alpha value is -4.34. The van der Waals surface area contributed by atoms with Gasteiger partial charge < -0.3 is 10.1 Å². The van der Waals surface area contributed by atoms with Crippen molar-refractivity contribution < 1.29 is 23.2 Å². The van der Waals surface area contributed by atoms with Crippen LogP contribution in [0.5, 0.6) is 5.75 Å². The van der Waals surface area contributed by atoms with Gasteiger partial charge in [-0.1, -0.05) is 24.8 Å². The summed E-state index contributed by atoms with van der Waals surface area (Å²) in [4.78, 5) is 27.7. The predicted octanol–water partition coefficient (Wildman–Crippen LogP) is 5.25. The number of benzene rings is 3. The van der Waals surface area contributed by atoms with E-state index in [1.807, 2.05) is 31.3 Å². The Labute approximate surface area is 239 Å². The van der Waals surface area contributed by atoms with Gasteiger partial charge in [0.15, 0.2) is 0 Å². The number of nitrogens with zero attached hydrogens (tertiary/aromatic N) is 3. The molecule has 0 bridgehead atoms. The molecule has 8 nitrogen and oxygen atoms in total. The van der Waals surface area contributed by atoms with E-state index in [2.05, 4.69) is 33.9 Å². The third-order valence-electron chi connectivity index (χ3n) is 8.17. The Morgan fingerprint density at radius 1 is 1.24 bits per heavy atom. The molecule has 3 atom stereocenters. The number of carbonyl (C=O) groups excluding carboxylic acids is 2. The second-order valence-corrected chi connectivity index (χ2v) is 10.9. The summed E-state index contributed by atoms with van der Waals surface area (Å²) in [5.41, 5.74) is 3.27. The lowest BCUT2D eigenvalue weighted by Gasteiger charge is -2.45. The van der Waals surface area contributed by atoms with Gasteiger partial charge in [-0.3, -0.25) is 19.3 Å². The van der Waals surface area contributed by atoms with E-state index in [9.17, 15) is 14.0 Å². The molecule has 212 valence electrons. The molecule has 0 spiro atoms. The molecule has 1 aliphatic rings. The number of anilines is 1. The summed E-state index contributed by atoms with van der Waals surface area (Å²) in [7, 11) is 1.95. The number of ether oxygens (including phenoxy) is 1. The molecule has 1 fully saturated rings. The van der Waals surface area contributed by atoms with E-state index in [0.717, 1.165) is 16.5 Å². The van der Waals surface area contributed by atoms with Gasteiger partial charge >= 0.3 is 5.91 Å². The zero-order valence-electron chi connectivity index (χ0n) is 23.6. The van der Waals surface area contributed by atoms with Crippen molar-refractivity contribution in [1.82, 2.24) is 15.1 Å². The number of amides is 2. The van der Waals surface area contributed by atoms with Gasteiger partial charge in [-0.25, -0.2) is 9.18 Å². The molecule has 2 heterocycles. The van der Waals surface area contributed by atoms with Crippen molar-refractivity contribution in [2.45, 2.75) is 26.0 Å². The van der Waals surface area contributed by atoms with Crippen LogP contribution < -0.4 is 10.1 Å². The molecular weight excluding hydrogens is 521 g/mol. The Kier molecular flexibility index (Phi) is 8.01. The summed E-state index contributed by atoms with van der Waals surface area (Å²) in [5.74, 6) is 0.0386. The highest BCUT2D eigenvalue weighted by molar-refractivity contribution is 6.08. The van der Waals surface area contributed by atoms with E-state index in [4.69, 9.17) is 4.74 Å². The maximum Gasteiger partial charge on any atom is 0.338 e. The molecule has 41 heavy (non-hydrogen) atoms. The first-order valence-corrected chi connectivity index (χ1v) is 13.7. The van der Waals surface area contributed by atoms with Gasteiger partial charge in [0.2, 0.25) is 0 Å². The highest BCUT2D eigenvalue weighted by Crippen LogP contribution is 2.28. The first kappa shape index (κ1) is 28.2. The Morgan fingerprint density at radius 3 is 2.73 bits per heavy atom. The summed E-state index contributed by atoms with van der Waals surface area (Å²) >= 11 is 0. The van der Waals surface area contributed by atoms with Crippen LogP contribution in [-0.4, -0.2) is 70.7 Å². The van der Waals surface area contributed by atoms with Crippen molar-refractivity contribution in [1.29, 1.82) is 0 Å². The predicted molar refractivity (Wildman–Crippen MR) is 157 cm³/mol. The molecule has 0 saturated carbocycles. The fraction of sp³-hybridized carbons (Fsp3) is 0.281. The van der Waals surface area contributed by atoms with Crippen LogP contribution in [0, 0.1) is 12.7 Å². The number of carbonyl (C=O) groups is 2. The van der Waals surface area contributed by atoms with Gasteiger partial charge in [-0.15, -0.1) is 0 Å². The lowest BCUT2D eigenvalue weighted by atomic mass is 10.0. The van der Waals surface area contributed by atoms with Crippen molar-refractivity contribution in [2.24, 2.45) is 0 Å². The molecule has 0 radical (unpaired) electrons. The monoisotopic (exact) mass is 556 g/mol. The first-order chi connectivity index (χ1) is 19.7. The molecule has 5 rings (SSSR count). The van der Waals surface area contributed by atoms with Crippen molar-refractivity contribution in [3.8, 4) is 5.75 Å². The number of aryl methyl sites for hydroxylation is 1. The number of halogens is 1. The van der Waals surface area contributed by atoms with E-state index in [0.29, 0.717) is 53.2 Å². The maximum absolute atomic E-state index is 14.6. The van der Waals surface area contributed by atoms with E-state index in [1.165, 1.54) is 12.1 Å². The van der Waals surface area contributed by atoms with Gasteiger partial charge in [0, 0.05) is 30.1 Å². The van der Waals surface area contributed by atoms with Crippen molar-refractivity contribution in [3.63, 3.8) is 0 Å². The average molecular weight is 557 g/mol. The Balaban J connectivity index is 1.31. The van der Waals surface area contributed by atoms with Crippen LogP contribution >= 0.6 is 0 Å². The minimum atomic E-state index is -0.456. The van der Waals surface area contributed by atoms with Gasteiger partial charge in [0.25, 0.3) is 5.91 Å². The highest BCUT2D eigenvalue weighted by Gasteiger charge is 2.41. The molecule has 3 aromatic carbocycles. The molecular formula is C32H35FN5O3+. The van der Waals surface area contributed by atoms with Gasteiger partial charge in [-0.05, 0) is 67.4 Å². The second-order valence-electron chi connectivity index (χ2n) is 10.9. The zero-order valence-corrected chi connectivity index (χ0v) is 23.6. The topological polar surface area (TPSA) is 87.3 Å². The number of nitrogens with one attached hydrogen (secondary N) is 2. The van der Waals surface area contributed by atoms with Crippen LogP contribution in [0.3, 0.4) is 0 Å². The smallest absolute Gasteiger partial charge is 0.338 e. The van der Waals surface area contributed by atoms with E-state index < -0.39 is 6.10 Å². The molecule has 0 aliphatic carbocycles. The summed E-state index contributed by atoms with van der Waals surface area (Å²) in [6.45, 7) is 10.0. The number of H-pyrrole nitrogens is 1. The fourth-order valence-electron chi connectivity index (χ4n) is 5.29.